The second-order valence-corrected chi connectivity index (χ2v) is 12.2. The van der Waals surface area contributed by atoms with Gasteiger partial charge in [-0.1, -0.05) is 24.3 Å². The van der Waals surface area contributed by atoms with Crippen molar-refractivity contribution in [2.24, 2.45) is 5.73 Å². The number of hydrogen-bond donors (Lipinski definition) is 5. The van der Waals surface area contributed by atoms with Gasteiger partial charge < -0.3 is 30.8 Å². The van der Waals surface area contributed by atoms with Crippen molar-refractivity contribution in [1.29, 1.82) is 0 Å². The number of carboxylic acid groups (broad SMARTS) is 1. The predicted octanol–water partition coefficient (Wildman–Crippen LogP) is 0.181. The molecule has 3 aromatic rings. The third-order valence-corrected chi connectivity index (χ3v) is 9.44. The molecule has 0 aliphatic carbocycles. The van der Waals surface area contributed by atoms with Crippen LogP contribution >= 0.6 is 11.3 Å². The molecule has 1 fully saturated rings. The Kier molecular flexibility index (Phi) is 9.19. The fraction of sp³-hybridized carbons (Fsp3) is 0.360. The molecule has 1 aromatic carbocycles. The number of aliphatic carboxylic acids is 1. The number of ether oxygens (including phenoxy) is 1. The van der Waals surface area contributed by atoms with Crippen LogP contribution in [0.15, 0.2) is 52.2 Å². The number of nitrogens with zero attached hydrogens (tertiary/aromatic N) is 1. The van der Waals surface area contributed by atoms with Crippen molar-refractivity contribution in [2.45, 2.75) is 41.6 Å². The molecule has 4 rings (SSSR count). The lowest BCUT2D eigenvalue weighted by Gasteiger charge is -2.39. The van der Waals surface area contributed by atoms with E-state index in [1.54, 1.807) is 17.6 Å². The summed E-state index contributed by atoms with van der Waals surface area (Å²) in [5.41, 5.74) is 7.21. The SMILES string of the molecule is NC(=O)C(Cc1c[nH]c2ccccc12)NC(=O)C1CC(NS(=O)(=O)c2cccs2)CCN1C(=O)COCC(=O)O. The van der Waals surface area contributed by atoms with Gasteiger partial charge in [0.05, 0.1) is 0 Å². The van der Waals surface area contributed by atoms with E-state index in [-0.39, 0.29) is 30.0 Å². The van der Waals surface area contributed by atoms with Crippen LogP contribution in [-0.2, 0) is 40.4 Å². The Labute approximate surface area is 233 Å². The molecule has 40 heavy (non-hydrogen) atoms. The summed E-state index contributed by atoms with van der Waals surface area (Å²) < 4.78 is 33.2. The molecular formula is C25H29N5O8S2. The van der Waals surface area contributed by atoms with Crippen LogP contribution < -0.4 is 15.8 Å². The molecule has 214 valence electrons. The molecule has 1 aliphatic heterocycles. The summed E-state index contributed by atoms with van der Waals surface area (Å²) in [5.74, 6) is -3.39. The number of benzene rings is 1. The normalized spacial score (nSPS) is 18.4. The Balaban J connectivity index is 1.52. The third kappa shape index (κ3) is 7.04. The number of nitrogens with one attached hydrogen (secondary N) is 3. The lowest BCUT2D eigenvalue weighted by molar-refractivity contribution is -0.150. The van der Waals surface area contributed by atoms with Crippen LogP contribution in [0.4, 0.5) is 0 Å². The highest BCUT2D eigenvalue weighted by Crippen LogP contribution is 2.23. The minimum Gasteiger partial charge on any atom is -0.480 e. The Morgan fingerprint density at radius 2 is 1.95 bits per heavy atom. The summed E-state index contributed by atoms with van der Waals surface area (Å²) in [6.45, 7) is -1.29. The zero-order valence-electron chi connectivity index (χ0n) is 21.2. The standard InChI is InChI=1S/C25H29N5O8S2/c26-24(34)19(10-15-12-27-18-5-2-1-4-17(15)18)28-25(35)20-11-16(29-40(36,37)23-6-3-9-39-23)7-8-30(20)21(31)13-38-14-22(32)33/h1-6,9,12,16,19-20,27,29H,7-8,10-11,13-14H2,(H2,26,34)(H,28,35)(H,32,33). The minimum atomic E-state index is -3.85. The first-order valence-corrected chi connectivity index (χ1v) is 14.7. The van der Waals surface area contributed by atoms with Crippen LogP contribution in [0.1, 0.15) is 18.4 Å². The average molecular weight is 592 g/mol. The van der Waals surface area contributed by atoms with Crippen LogP contribution in [0, 0.1) is 0 Å². The van der Waals surface area contributed by atoms with Gasteiger partial charge in [-0.2, -0.15) is 0 Å². The van der Waals surface area contributed by atoms with Gasteiger partial charge in [-0.15, -0.1) is 11.3 Å². The molecule has 6 N–H and O–H groups in total. The van der Waals surface area contributed by atoms with Crippen LogP contribution in [0.3, 0.4) is 0 Å². The lowest BCUT2D eigenvalue weighted by Crippen LogP contribution is -2.60. The number of primary amides is 1. The molecule has 0 radical (unpaired) electrons. The number of carbonyl (C=O) groups excluding carboxylic acids is 3. The number of hydrogen-bond acceptors (Lipinski definition) is 8. The second-order valence-electron chi connectivity index (χ2n) is 9.29. The highest BCUT2D eigenvalue weighted by molar-refractivity contribution is 7.91. The van der Waals surface area contributed by atoms with E-state index >= 15 is 0 Å². The van der Waals surface area contributed by atoms with Crippen LogP contribution in [-0.4, -0.2) is 85.0 Å². The number of carboxylic acids is 1. The molecule has 1 saturated heterocycles. The van der Waals surface area contributed by atoms with E-state index in [0.29, 0.717) is 0 Å². The maximum absolute atomic E-state index is 13.5. The summed E-state index contributed by atoms with van der Waals surface area (Å²) >= 11 is 1.04. The van der Waals surface area contributed by atoms with E-state index < -0.39 is 65.1 Å². The topological polar surface area (TPSA) is 201 Å². The van der Waals surface area contributed by atoms with Gasteiger partial charge in [0, 0.05) is 36.1 Å². The van der Waals surface area contributed by atoms with Crippen molar-refractivity contribution in [3.63, 3.8) is 0 Å². The number of thiophene rings is 1. The van der Waals surface area contributed by atoms with Crippen LogP contribution in [0.5, 0.6) is 0 Å². The first kappa shape index (κ1) is 29.2. The largest absolute Gasteiger partial charge is 0.480 e. The van der Waals surface area contributed by atoms with E-state index in [1.807, 2.05) is 24.3 Å². The fourth-order valence-electron chi connectivity index (χ4n) is 4.63. The number of rotatable bonds is 12. The molecule has 13 nitrogen and oxygen atoms in total. The summed E-state index contributed by atoms with van der Waals surface area (Å²) in [7, 11) is -3.85. The zero-order chi connectivity index (χ0) is 28.9. The summed E-state index contributed by atoms with van der Waals surface area (Å²) in [6, 6.07) is 7.51. The van der Waals surface area contributed by atoms with Gasteiger partial charge in [0.2, 0.25) is 27.7 Å². The third-order valence-electron chi connectivity index (χ3n) is 6.52. The molecule has 2 aromatic heterocycles. The van der Waals surface area contributed by atoms with Crippen molar-refractivity contribution in [3.05, 3.63) is 53.5 Å². The molecule has 0 spiro atoms. The molecule has 0 bridgehead atoms. The first-order valence-electron chi connectivity index (χ1n) is 12.3. The molecule has 3 heterocycles. The minimum absolute atomic E-state index is 0.00529. The van der Waals surface area contributed by atoms with Crippen LogP contribution in [0.2, 0.25) is 0 Å². The molecule has 3 amide bonds. The Morgan fingerprint density at radius 3 is 2.65 bits per heavy atom. The number of aromatic amines is 1. The lowest BCUT2D eigenvalue weighted by atomic mass is 9.96. The van der Waals surface area contributed by atoms with Gasteiger partial charge in [0.15, 0.2) is 0 Å². The highest BCUT2D eigenvalue weighted by Gasteiger charge is 2.39. The molecule has 3 unspecified atom stereocenters. The van der Waals surface area contributed by atoms with E-state index in [0.717, 1.165) is 27.8 Å². The maximum atomic E-state index is 13.5. The number of fused-ring (bicyclic) bond motifs is 1. The Hall–Kier alpha value is -3.79. The highest BCUT2D eigenvalue weighted by atomic mass is 32.2. The van der Waals surface area contributed by atoms with Gasteiger partial charge in [-0.25, -0.2) is 17.9 Å². The number of para-hydroxylation sites is 1. The summed E-state index contributed by atoms with van der Waals surface area (Å²) in [6.07, 6.45) is 1.92. The van der Waals surface area contributed by atoms with Gasteiger partial charge in [0.1, 0.15) is 29.5 Å². The van der Waals surface area contributed by atoms with E-state index in [2.05, 4.69) is 15.0 Å². The summed E-state index contributed by atoms with van der Waals surface area (Å²) in [5, 5.41) is 13.9. The molecule has 3 atom stereocenters. The van der Waals surface area contributed by atoms with Crippen molar-refractivity contribution in [3.8, 4) is 0 Å². The molecule has 0 saturated carbocycles. The molecule has 1 aliphatic rings. The van der Waals surface area contributed by atoms with Gasteiger partial charge in [0.25, 0.3) is 0 Å². The molecule has 15 heteroatoms. The van der Waals surface area contributed by atoms with Gasteiger partial charge in [-0.05, 0) is 35.9 Å². The number of H-pyrrole nitrogens is 1. The predicted molar refractivity (Wildman–Crippen MR) is 145 cm³/mol. The van der Waals surface area contributed by atoms with Crippen molar-refractivity contribution < 1.29 is 37.4 Å². The van der Waals surface area contributed by atoms with Crippen LogP contribution in [0.25, 0.3) is 10.9 Å². The number of nitrogens with two attached hydrogens (primary N) is 1. The number of aromatic nitrogens is 1. The summed E-state index contributed by atoms with van der Waals surface area (Å²) in [4.78, 5) is 53.8. The van der Waals surface area contributed by atoms with E-state index in [4.69, 9.17) is 15.6 Å². The number of carbonyl (C=O) groups is 4. The first-order chi connectivity index (χ1) is 19.0. The number of piperidine rings is 1. The molecular weight excluding hydrogens is 562 g/mol. The monoisotopic (exact) mass is 591 g/mol. The Morgan fingerprint density at radius 1 is 1.18 bits per heavy atom. The van der Waals surface area contributed by atoms with Crippen molar-refractivity contribution in [1.82, 2.24) is 19.9 Å². The number of amides is 3. The van der Waals surface area contributed by atoms with Crippen molar-refractivity contribution >= 4 is 56.0 Å². The number of likely N-dealkylation sites (tertiary alicyclic amines) is 1. The maximum Gasteiger partial charge on any atom is 0.329 e. The van der Waals surface area contributed by atoms with E-state index in [9.17, 15) is 27.6 Å². The van der Waals surface area contributed by atoms with Gasteiger partial charge >= 0.3 is 5.97 Å². The van der Waals surface area contributed by atoms with Gasteiger partial charge in [-0.3, -0.25) is 14.4 Å². The average Bonchev–Trinajstić information content (AvgIpc) is 3.59. The fourth-order valence-corrected chi connectivity index (χ4v) is 6.93. The Bertz CT molecular complexity index is 1490. The smallest absolute Gasteiger partial charge is 0.329 e. The zero-order valence-corrected chi connectivity index (χ0v) is 22.9. The number of sulfonamides is 1. The van der Waals surface area contributed by atoms with E-state index in [1.165, 1.54) is 11.0 Å². The second kappa shape index (κ2) is 12.6. The quantitative estimate of drug-likeness (QED) is 0.196. The van der Waals surface area contributed by atoms with Crippen molar-refractivity contribution in [2.75, 3.05) is 19.8 Å².